The fraction of sp³-hybridized carbons (Fsp3) is 0.174. The van der Waals surface area contributed by atoms with Gasteiger partial charge in [-0.15, -0.1) is 0 Å². The van der Waals surface area contributed by atoms with Crippen molar-refractivity contribution >= 4 is 11.6 Å². The second kappa shape index (κ2) is 7.85. The van der Waals surface area contributed by atoms with Crippen LogP contribution in [0.4, 0.5) is 0 Å². The molecule has 2 heterocycles. The molecule has 0 N–H and O–H groups in total. The fourth-order valence-corrected chi connectivity index (χ4v) is 3.70. The van der Waals surface area contributed by atoms with Gasteiger partial charge in [-0.2, -0.15) is 0 Å². The van der Waals surface area contributed by atoms with Gasteiger partial charge in [0.2, 0.25) is 0 Å². The van der Waals surface area contributed by atoms with Gasteiger partial charge in [-0.25, -0.2) is 4.98 Å². The maximum absolute atomic E-state index is 6.12. The number of halogens is 1. The molecule has 0 spiro atoms. The largest absolute Gasteiger partial charge is 0.353 e. The Morgan fingerprint density at radius 2 is 1.78 bits per heavy atom. The van der Waals surface area contributed by atoms with Gasteiger partial charge in [-0.05, 0) is 29.7 Å². The molecule has 0 radical (unpaired) electrons. The molecule has 4 heteroatoms. The van der Waals surface area contributed by atoms with Gasteiger partial charge in [-0.1, -0.05) is 61.0 Å². The molecule has 1 unspecified atom stereocenters. The highest BCUT2D eigenvalue weighted by Gasteiger charge is 2.22. The third kappa shape index (κ3) is 3.69. The monoisotopic (exact) mass is 375 g/mol. The number of aromatic nitrogens is 3. The minimum atomic E-state index is 0.0671. The summed E-state index contributed by atoms with van der Waals surface area (Å²) in [5, 5.41) is 0.752. The molecule has 0 saturated carbocycles. The van der Waals surface area contributed by atoms with Gasteiger partial charge in [0.1, 0.15) is 0 Å². The van der Waals surface area contributed by atoms with E-state index in [0.717, 1.165) is 18.0 Å². The van der Waals surface area contributed by atoms with E-state index in [2.05, 4.69) is 75.9 Å². The average molecular weight is 376 g/mol. The molecule has 1 atom stereocenters. The summed E-state index contributed by atoms with van der Waals surface area (Å²) >= 11 is 6.12. The predicted octanol–water partition coefficient (Wildman–Crippen LogP) is 6.05. The molecular formula is C23H22ClN3. The number of aryl methyl sites for hydroxylation is 1. The second-order valence-electron chi connectivity index (χ2n) is 6.70. The Labute approximate surface area is 164 Å². The van der Waals surface area contributed by atoms with E-state index in [1.54, 1.807) is 0 Å². The lowest BCUT2D eigenvalue weighted by atomic mass is 9.94. The molecule has 0 aliphatic carbocycles. The van der Waals surface area contributed by atoms with Gasteiger partial charge >= 0.3 is 0 Å². The van der Waals surface area contributed by atoms with Crippen LogP contribution in [0.15, 0.2) is 85.7 Å². The number of rotatable bonds is 6. The average Bonchev–Trinajstić information content (AvgIpc) is 3.35. The van der Waals surface area contributed by atoms with E-state index in [1.807, 2.05) is 30.9 Å². The second-order valence-corrected chi connectivity index (χ2v) is 7.13. The van der Waals surface area contributed by atoms with Crippen LogP contribution in [0, 0.1) is 0 Å². The SMILES string of the molecule is CCCn1cc(-c2ccc(Cl)cc2)c(C(c2ccccc2)n2ccnc2)c1. The van der Waals surface area contributed by atoms with Gasteiger partial charge in [0.05, 0.1) is 12.4 Å². The molecule has 0 fully saturated rings. The third-order valence-electron chi connectivity index (χ3n) is 4.78. The van der Waals surface area contributed by atoms with E-state index in [0.29, 0.717) is 0 Å². The number of hydrogen-bond donors (Lipinski definition) is 0. The first-order valence-electron chi connectivity index (χ1n) is 9.24. The Balaban J connectivity index is 1.90. The molecule has 27 heavy (non-hydrogen) atoms. The number of nitrogens with zero attached hydrogens (tertiary/aromatic N) is 3. The van der Waals surface area contributed by atoms with Gasteiger partial charge < -0.3 is 9.13 Å². The van der Waals surface area contributed by atoms with Crippen LogP contribution in [0.2, 0.25) is 5.02 Å². The van der Waals surface area contributed by atoms with Crippen molar-refractivity contribution in [2.24, 2.45) is 0 Å². The van der Waals surface area contributed by atoms with E-state index >= 15 is 0 Å². The van der Waals surface area contributed by atoms with E-state index in [4.69, 9.17) is 11.6 Å². The van der Waals surface area contributed by atoms with E-state index in [9.17, 15) is 0 Å². The quantitative estimate of drug-likeness (QED) is 0.402. The van der Waals surface area contributed by atoms with Crippen LogP contribution < -0.4 is 0 Å². The number of hydrogen-bond acceptors (Lipinski definition) is 1. The smallest absolute Gasteiger partial charge is 0.0954 e. The zero-order chi connectivity index (χ0) is 18.6. The molecule has 136 valence electrons. The van der Waals surface area contributed by atoms with E-state index in [1.165, 1.54) is 22.3 Å². The normalized spacial score (nSPS) is 12.2. The molecule has 0 bridgehead atoms. The van der Waals surface area contributed by atoms with Crippen molar-refractivity contribution in [1.82, 2.24) is 14.1 Å². The topological polar surface area (TPSA) is 22.8 Å². The van der Waals surface area contributed by atoms with Crippen LogP contribution in [0.25, 0.3) is 11.1 Å². The summed E-state index contributed by atoms with van der Waals surface area (Å²) in [6.07, 6.45) is 11.4. The summed E-state index contributed by atoms with van der Waals surface area (Å²) in [6, 6.07) is 18.7. The molecule has 4 rings (SSSR count). The first kappa shape index (κ1) is 17.6. The maximum Gasteiger partial charge on any atom is 0.0954 e. The minimum Gasteiger partial charge on any atom is -0.353 e. The van der Waals surface area contributed by atoms with Crippen molar-refractivity contribution in [2.45, 2.75) is 25.9 Å². The zero-order valence-corrected chi connectivity index (χ0v) is 16.1. The van der Waals surface area contributed by atoms with Crippen LogP contribution in [-0.4, -0.2) is 14.1 Å². The lowest BCUT2D eigenvalue weighted by Gasteiger charge is -2.20. The van der Waals surface area contributed by atoms with Crippen molar-refractivity contribution < 1.29 is 0 Å². The first-order chi connectivity index (χ1) is 13.3. The number of imidazole rings is 1. The number of benzene rings is 2. The molecule has 0 aliphatic heterocycles. The van der Waals surface area contributed by atoms with Crippen LogP contribution in [0.3, 0.4) is 0 Å². The highest BCUT2D eigenvalue weighted by atomic mass is 35.5. The summed E-state index contributed by atoms with van der Waals surface area (Å²) in [5.41, 5.74) is 4.89. The van der Waals surface area contributed by atoms with Crippen molar-refractivity contribution in [1.29, 1.82) is 0 Å². The van der Waals surface area contributed by atoms with Gasteiger partial charge in [0.25, 0.3) is 0 Å². The maximum atomic E-state index is 6.12. The van der Waals surface area contributed by atoms with E-state index in [-0.39, 0.29) is 6.04 Å². The summed E-state index contributed by atoms with van der Waals surface area (Å²) in [4.78, 5) is 4.29. The predicted molar refractivity (Wildman–Crippen MR) is 111 cm³/mol. The molecule has 0 aliphatic rings. The van der Waals surface area contributed by atoms with Crippen molar-refractivity contribution in [3.63, 3.8) is 0 Å². The highest BCUT2D eigenvalue weighted by Crippen LogP contribution is 2.36. The first-order valence-corrected chi connectivity index (χ1v) is 9.62. The molecule has 2 aromatic carbocycles. The molecular weight excluding hydrogens is 354 g/mol. The zero-order valence-electron chi connectivity index (χ0n) is 15.3. The Morgan fingerprint density at radius 3 is 2.44 bits per heavy atom. The van der Waals surface area contributed by atoms with E-state index < -0.39 is 0 Å². The van der Waals surface area contributed by atoms with Crippen LogP contribution >= 0.6 is 11.6 Å². The standard InChI is InChI=1S/C23H22ClN3/c1-2-13-26-15-21(18-8-10-20(24)11-9-18)22(16-26)23(27-14-12-25-17-27)19-6-4-3-5-7-19/h3-12,14-17,23H,2,13H2,1H3. The lowest BCUT2D eigenvalue weighted by Crippen LogP contribution is -2.11. The van der Waals surface area contributed by atoms with Gasteiger partial charge in [0.15, 0.2) is 0 Å². The van der Waals surface area contributed by atoms with Gasteiger partial charge in [0, 0.05) is 47.5 Å². The molecule has 3 nitrogen and oxygen atoms in total. The summed E-state index contributed by atoms with van der Waals surface area (Å²) in [7, 11) is 0. The van der Waals surface area contributed by atoms with Crippen molar-refractivity contribution in [3.8, 4) is 11.1 Å². The molecule has 4 aromatic rings. The molecule has 2 aromatic heterocycles. The fourth-order valence-electron chi connectivity index (χ4n) is 3.57. The van der Waals surface area contributed by atoms with Crippen molar-refractivity contribution in [3.05, 3.63) is 102 Å². The highest BCUT2D eigenvalue weighted by molar-refractivity contribution is 6.30. The summed E-state index contributed by atoms with van der Waals surface area (Å²) in [6.45, 7) is 3.19. The van der Waals surface area contributed by atoms with Crippen LogP contribution in [0.1, 0.15) is 30.5 Å². The molecule has 0 amide bonds. The Kier molecular flexibility index (Phi) is 5.12. The van der Waals surface area contributed by atoms with Crippen LogP contribution in [0.5, 0.6) is 0 Å². The Bertz CT molecular complexity index is 986. The van der Waals surface area contributed by atoms with Crippen LogP contribution in [-0.2, 0) is 6.54 Å². The van der Waals surface area contributed by atoms with Gasteiger partial charge in [-0.3, -0.25) is 0 Å². The minimum absolute atomic E-state index is 0.0671. The lowest BCUT2D eigenvalue weighted by molar-refractivity contribution is 0.656. The summed E-state index contributed by atoms with van der Waals surface area (Å²) in [5.74, 6) is 0. The third-order valence-corrected chi connectivity index (χ3v) is 5.03. The molecule has 0 saturated heterocycles. The Hall–Kier alpha value is -2.78. The Morgan fingerprint density at radius 1 is 1.00 bits per heavy atom. The summed E-state index contributed by atoms with van der Waals surface area (Å²) < 4.78 is 4.45. The van der Waals surface area contributed by atoms with Crippen molar-refractivity contribution in [2.75, 3.05) is 0 Å².